The molecule has 1 saturated heterocycles. The molecule has 3 nitrogen and oxygen atoms in total. The van der Waals surface area contributed by atoms with Gasteiger partial charge in [0.2, 0.25) is 0 Å². The molecule has 1 heterocycles. The molecule has 2 N–H and O–H groups in total. The highest BCUT2D eigenvalue weighted by Gasteiger charge is 2.11. The lowest BCUT2D eigenvalue weighted by Gasteiger charge is -2.17. The second kappa shape index (κ2) is 6.92. The average molecular weight is 262 g/mol. The van der Waals surface area contributed by atoms with Crippen LogP contribution in [0.25, 0.3) is 0 Å². The molecule has 1 atom stereocenters. The minimum absolute atomic E-state index is 0.0217. The Morgan fingerprint density at radius 3 is 2.74 bits per heavy atom. The van der Waals surface area contributed by atoms with Crippen LogP contribution in [0.15, 0.2) is 18.2 Å². The van der Waals surface area contributed by atoms with Gasteiger partial charge >= 0.3 is 0 Å². The van der Waals surface area contributed by atoms with Crippen molar-refractivity contribution in [3.05, 3.63) is 29.3 Å². The number of rotatable bonds is 6. The van der Waals surface area contributed by atoms with Crippen LogP contribution in [0.5, 0.6) is 5.75 Å². The van der Waals surface area contributed by atoms with E-state index in [0.29, 0.717) is 0 Å². The number of nitrogens with zero attached hydrogens (tertiary/aromatic N) is 1. The number of hydrogen-bond acceptors (Lipinski definition) is 3. The number of aryl methyl sites for hydroxylation is 1. The van der Waals surface area contributed by atoms with Crippen molar-refractivity contribution in [3.8, 4) is 5.75 Å². The van der Waals surface area contributed by atoms with Crippen LogP contribution in [0.4, 0.5) is 0 Å². The minimum atomic E-state index is 0.0217. The lowest BCUT2D eigenvalue weighted by molar-refractivity contribution is 0.261. The zero-order chi connectivity index (χ0) is 13.7. The molecule has 0 radical (unpaired) electrons. The number of nitrogens with two attached hydrogens (primary N) is 1. The first-order valence-corrected chi connectivity index (χ1v) is 7.38. The molecule has 19 heavy (non-hydrogen) atoms. The first kappa shape index (κ1) is 14.4. The number of hydrogen-bond donors (Lipinski definition) is 1. The van der Waals surface area contributed by atoms with Gasteiger partial charge in [0, 0.05) is 18.2 Å². The first-order valence-electron chi connectivity index (χ1n) is 7.38. The molecule has 0 aromatic heterocycles. The van der Waals surface area contributed by atoms with Gasteiger partial charge in [0.25, 0.3) is 0 Å². The van der Waals surface area contributed by atoms with E-state index in [2.05, 4.69) is 24.0 Å². The van der Waals surface area contributed by atoms with Gasteiger partial charge in [-0.1, -0.05) is 17.7 Å². The van der Waals surface area contributed by atoms with Crippen molar-refractivity contribution in [1.29, 1.82) is 0 Å². The molecule has 3 heteroatoms. The SMILES string of the molecule is Cc1ccc(OCCCN2CCCC2)c([C@H](C)N)c1. The van der Waals surface area contributed by atoms with Crippen LogP contribution in [0.2, 0.25) is 0 Å². The highest BCUT2D eigenvalue weighted by molar-refractivity contribution is 5.38. The zero-order valence-electron chi connectivity index (χ0n) is 12.2. The summed E-state index contributed by atoms with van der Waals surface area (Å²) in [4.78, 5) is 2.52. The topological polar surface area (TPSA) is 38.5 Å². The van der Waals surface area contributed by atoms with Crippen LogP contribution < -0.4 is 10.5 Å². The molecule has 2 rings (SSSR count). The standard InChI is InChI=1S/C16H26N2O/c1-13-6-7-16(15(12-13)14(2)17)19-11-5-10-18-8-3-4-9-18/h6-7,12,14H,3-5,8-11,17H2,1-2H3/t14-/m0/s1. The Hall–Kier alpha value is -1.06. The van der Waals surface area contributed by atoms with Crippen LogP contribution in [-0.2, 0) is 0 Å². The zero-order valence-corrected chi connectivity index (χ0v) is 12.2. The monoisotopic (exact) mass is 262 g/mol. The Morgan fingerprint density at radius 1 is 1.32 bits per heavy atom. The molecule has 1 aromatic carbocycles. The van der Waals surface area contributed by atoms with E-state index in [0.717, 1.165) is 30.9 Å². The van der Waals surface area contributed by atoms with E-state index in [9.17, 15) is 0 Å². The van der Waals surface area contributed by atoms with Crippen molar-refractivity contribution < 1.29 is 4.74 Å². The maximum Gasteiger partial charge on any atom is 0.124 e. The molecule has 1 aliphatic rings. The molecule has 0 aliphatic carbocycles. The summed E-state index contributed by atoms with van der Waals surface area (Å²) >= 11 is 0. The summed E-state index contributed by atoms with van der Waals surface area (Å²) in [7, 11) is 0. The minimum Gasteiger partial charge on any atom is -0.493 e. The number of benzene rings is 1. The van der Waals surface area contributed by atoms with Crippen LogP contribution in [-0.4, -0.2) is 31.1 Å². The van der Waals surface area contributed by atoms with Crippen molar-refractivity contribution >= 4 is 0 Å². The predicted octanol–water partition coefficient (Wildman–Crippen LogP) is 2.88. The van der Waals surface area contributed by atoms with Gasteiger partial charge in [-0.2, -0.15) is 0 Å². The fourth-order valence-electron chi connectivity index (χ4n) is 2.63. The van der Waals surface area contributed by atoms with E-state index in [1.807, 2.05) is 13.0 Å². The molecular weight excluding hydrogens is 236 g/mol. The van der Waals surface area contributed by atoms with E-state index >= 15 is 0 Å². The molecule has 1 aliphatic heterocycles. The van der Waals surface area contributed by atoms with Crippen LogP contribution in [0.1, 0.15) is 43.4 Å². The van der Waals surface area contributed by atoms with Crippen molar-refractivity contribution in [2.75, 3.05) is 26.2 Å². The van der Waals surface area contributed by atoms with Gasteiger partial charge in [-0.05, 0) is 52.3 Å². The Balaban J connectivity index is 1.81. The summed E-state index contributed by atoms with van der Waals surface area (Å²) in [5, 5.41) is 0. The first-order chi connectivity index (χ1) is 9.16. The maximum absolute atomic E-state index is 6.00. The van der Waals surface area contributed by atoms with Crippen LogP contribution in [0.3, 0.4) is 0 Å². The van der Waals surface area contributed by atoms with E-state index in [4.69, 9.17) is 10.5 Å². The summed E-state index contributed by atoms with van der Waals surface area (Å²) in [6, 6.07) is 6.28. The van der Waals surface area contributed by atoms with E-state index in [1.165, 1.54) is 31.5 Å². The van der Waals surface area contributed by atoms with Gasteiger partial charge in [0.1, 0.15) is 5.75 Å². The smallest absolute Gasteiger partial charge is 0.124 e. The fraction of sp³-hybridized carbons (Fsp3) is 0.625. The largest absolute Gasteiger partial charge is 0.493 e. The molecule has 0 amide bonds. The van der Waals surface area contributed by atoms with Gasteiger partial charge in [-0.3, -0.25) is 0 Å². The van der Waals surface area contributed by atoms with Crippen LogP contribution >= 0.6 is 0 Å². The third kappa shape index (κ3) is 4.22. The summed E-state index contributed by atoms with van der Waals surface area (Å²) in [6.45, 7) is 8.54. The van der Waals surface area contributed by atoms with E-state index in [-0.39, 0.29) is 6.04 Å². The van der Waals surface area contributed by atoms with Crippen molar-refractivity contribution in [2.45, 2.75) is 39.2 Å². The third-order valence-corrected chi connectivity index (χ3v) is 3.73. The van der Waals surface area contributed by atoms with Crippen molar-refractivity contribution in [2.24, 2.45) is 5.73 Å². The third-order valence-electron chi connectivity index (χ3n) is 3.73. The van der Waals surface area contributed by atoms with Gasteiger partial charge in [0.05, 0.1) is 6.61 Å². The van der Waals surface area contributed by atoms with Crippen molar-refractivity contribution in [3.63, 3.8) is 0 Å². The molecule has 0 saturated carbocycles. The summed E-state index contributed by atoms with van der Waals surface area (Å²) < 4.78 is 5.91. The lowest BCUT2D eigenvalue weighted by atomic mass is 10.1. The molecule has 0 spiro atoms. The van der Waals surface area contributed by atoms with Gasteiger partial charge in [-0.25, -0.2) is 0 Å². The Bertz CT molecular complexity index is 398. The second-order valence-electron chi connectivity index (χ2n) is 5.58. The highest BCUT2D eigenvalue weighted by atomic mass is 16.5. The summed E-state index contributed by atoms with van der Waals surface area (Å²) in [5.74, 6) is 0.946. The number of likely N-dealkylation sites (tertiary alicyclic amines) is 1. The lowest BCUT2D eigenvalue weighted by Crippen LogP contribution is -2.22. The summed E-state index contributed by atoms with van der Waals surface area (Å²) in [5.41, 5.74) is 8.34. The normalized spacial score (nSPS) is 17.6. The van der Waals surface area contributed by atoms with Crippen molar-refractivity contribution in [1.82, 2.24) is 4.90 Å². The molecule has 0 unspecified atom stereocenters. The van der Waals surface area contributed by atoms with Gasteiger partial charge in [-0.15, -0.1) is 0 Å². The van der Waals surface area contributed by atoms with Crippen LogP contribution in [0, 0.1) is 6.92 Å². The molecule has 0 bridgehead atoms. The summed E-state index contributed by atoms with van der Waals surface area (Å²) in [6.07, 6.45) is 3.80. The Morgan fingerprint density at radius 2 is 2.05 bits per heavy atom. The predicted molar refractivity (Wildman–Crippen MR) is 79.6 cm³/mol. The van der Waals surface area contributed by atoms with Gasteiger partial charge < -0.3 is 15.4 Å². The quantitative estimate of drug-likeness (QED) is 0.801. The molecule has 1 fully saturated rings. The second-order valence-corrected chi connectivity index (χ2v) is 5.58. The Labute approximate surface area is 116 Å². The maximum atomic E-state index is 6.00. The molecule has 106 valence electrons. The Kier molecular flexibility index (Phi) is 5.23. The number of ether oxygens (including phenoxy) is 1. The van der Waals surface area contributed by atoms with Gasteiger partial charge in [0.15, 0.2) is 0 Å². The highest BCUT2D eigenvalue weighted by Crippen LogP contribution is 2.25. The van der Waals surface area contributed by atoms with E-state index < -0.39 is 0 Å². The average Bonchev–Trinajstić information content (AvgIpc) is 2.89. The molecular formula is C16H26N2O. The fourth-order valence-corrected chi connectivity index (χ4v) is 2.63. The molecule has 1 aromatic rings. The van der Waals surface area contributed by atoms with E-state index in [1.54, 1.807) is 0 Å².